The van der Waals surface area contributed by atoms with Crippen molar-refractivity contribution in [1.82, 2.24) is 0 Å². The number of esters is 1. The Morgan fingerprint density at radius 3 is 2.74 bits per heavy atom. The summed E-state index contributed by atoms with van der Waals surface area (Å²) in [5.41, 5.74) is 1.10. The van der Waals surface area contributed by atoms with Gasteiger partial charge in [0.05, 0.1) is 6.61 Å². The highest BCUT2D eigenvalue weighted by molar-refractivity contribution is 6.30. The molecular formula is C14H12ClNO3. The fourth-order valence-corrected chi connectivity index (χ4v) is 1.51. The number of hydrogen-bond donors (Lipinski definition) is 0. The van der Waals surface area contributed by atoms with Gasteiger partial charge in [-0.25, -0.2) is 9.79 Å². The van der Waals surface area contributed by atoms with Crippen molar-refractivity contribution in [3.8, 4) is 0 Å². The van der Waals surface area contributed by atoms with Crippen LogP contribution in [-0.4, -0.2) is 18.5 Å². The average Bonchev–Trinajstić information content (AvgIpc) is 2.76. The van der Waals surface area contributed by atoms with E-state index in [9.17, 15) is 4.79 Å². The molecule has 0 radical (unpaired) electrons. The smallest absolute Gasteiger partial charge is 0.367 e. The van der Waals surface area contributed by atoms with Crippen LogP contribution in [0.2, 0.25) is 5.02 Å². The van der Waals surface area contributed by atoms with E-state index in [1.54, 1.807) is 24.3 Å². The van der Waals surface area contributed by atoms with Crippen LogP contribution in [0.5, 0.6) is 0 Å². The molecule has 0 fully saturated rings. The lowest BCUT2D eigenvalue weighted by molar-refractivity contribution is -0.130. The molecular weight excluding hydrogens is 266 g/mol. The Balaban J connectivity index is 2.07. The minimum absolute atomic E-state index is 0.164. The van der Waals surface area contributed by atoms with Gasteiger partial charge >= 0.3 is 5.97 Å². The van der Waals surface area contributed by atoms with E-state index in [1.807, 2.05) is 19.1 Å². The lowest BCUT2D eigenvalue weighted by Crippen LogP contribution is -2.01. The van der Waals surface area contributed by atoms with Crippen LogP contribution in [-0.2, 0) is 14.3 Å². The Morgan fingerprint density at radius 2 is 2.05 bits per heavy atom. The van der Waals surface area contributed by atoms with Crippen molar-refractivity contribution in [3.05, 3.63) is 52.9 Å². The molecule has 0 spiro atoms. The van der Waals surface area contributed by atoms with Crippen LogP contribution in [0.15, 0.2) is 47.3 Å². The molecule has 0 unspecified atom stereocenters. The van der Waals surface area contributed by atoms with E-state index in [0.717, 1.165) is 5.56 Å². The quantitative estimate of drug-likeness (QED) is 0.482. The summed E-state index contributed by atoms with van der Waals surface area (Å²) in [6.07, 6.45) is 4.70. The summed E-state index contributed by atoms with van der Waals surface area (Å²) >= 11 is 5.79. The first-order valence-electron chi connectivity index (χ1n) is 5.75. The third-order valence-electron chi connectivity index (χ3n) is 2.29. The number of halogens is 1. The molecule has 1 heterocycles. The highest BCUT2D eigenvalue weighted by atomic mass is 35.5. The Hall–Kier alpha value is -2.07. The Bertz CT molecular complexity index is 559. The number of rotatable bonds is 4. The largest absolute Gasteiger partial charge is 0.499 e. The van der Waals surface area contributed by atoms with E-state index in [-0.39, 0.29) is 11.6 Å². The van der Waals surface area contributed by atoms with E-state index in [4.69, 9.17) is 21.1 Å². The molecule has 19 heavy (non-hydrogen) atoms. The van der Waals surface area contributed by atoms with Crippen molar-refractivity contribution in [1.29, 1.82) is 0 Å². The number of cyclic esters (lactones) is 1. The Morgan fingerprint density at radius 1 is 1.32 bits per heavy atom. The highest BCUT2D eigenvalue weighted by Gasteiger charge is 2.21. The summed E-state index contributed by atoms with van der Waals surface area (Å²) in [6.45, 7) is 2.30. The standard InChI is InChI=1S/C14H12ClNO3/c1-2-18-9-12-14(17)19-13(16-12)8-5-10-3-6-11(15)7-4-10/h3-9H,2H2,1H3/b8-5+,12-9-. The molecule has 4 nitrogen and oxygen atoms in total. The van der Waals surface area contributed by atoms with Crippen molar-refractivity contribution < 1.29 is 14.3 Å². The minimum Gasteiger partial charge on any atom is -0.499 e. The number of ether oxygens (including phenoxy) is 2. The van der Waals surface area contributed by atoms with Crippen molar-refractivity contribution in [2.24, 2.45) is 4.99 Å². The molecule has 0 bridgehead atoms. The van der Waals surface area contributed by atoms with Gasteiger partial charge in [-0.3, -0.25) is 0 Å². The lowest BCUT2D eigenvalue weighted by atomic mass is 10.2. The van der Waals surface area contributed by atoms with E-state index < -0.39 is 5.97 Å². The molecule has 1 aromatic rings. The molecule has 0 atom stereocenters. The van der Waals surface area contributed by atoms with Gasteiger partial charge in [-0.15, -0.1) is 0 Å². The predicted octanol–water partition coefficient (Wildman–Crippen LogP) is 3.19. The monoisotopic (exact) mass is 277 g/mol. The van der Waals surface area contributed by atoms with Gasteiger partial charge in [-0.1, -0.05) is 23.7 Å². The van der Waals surface area contributed by atoms with Crippen LogP contribution in [0.1, 0.15) is 12.5 Å². The summed E-state index contributed by atoms with van der Waals surface area (Å²) in [5.74, 6) is -0.268. The maximum absolute atomic E-state index is 11.4. The second kappa shape index (κ2) is 6.20. The average molecular weight is 278 g/mol. The molecule has 0 N–H and O–H groups in total. The summed E-state index contributed by atoms with van der Waals surface area (Å²) in [7, 11) is 0. The van der Waals surface area contributed by atoms with E-state index in [0.29, 0.717) is 11.6 Å². The summed E-state index contributed by atoms with van der Waals surface area (Å²) in [5, 5.41) is 0.670. The fourth-order valence-electron chi connectivity index (χ4n) is 1.38. The molecule has 5 heteroatoms. The molecule has 98 valence electrons. The third-order valence-corrected chi connectivity index (χ3v) is 2.54. The van der Waals surface area contributed by atoms with Gasteiger partial charge in [0.25, 0.3) is 0 Å². The van der Waals surface area contributed by atoms with E-state index >= 15 is 0 Å². The molecule has 0 aliphatic carbocycles. The van der Waals surface area contributed by atoms with Crippen LogP contribution < -0.4 is 0 Å². The number of carbonyl (C=O) groups is 1. The third kappa shape index (κ3) is 3.69. The van der Waals surface area contributed by atoms with Crippen molar-refractivity contribution in [2.75, 3.05) is 6.61 Å². The van der Waals surface area contributed by atoms with Crippen molar-refractivity contribution >= 4 is 29.5 Å². The van der Waals surface area contributed by atoms with Gasteiger partial charge in [-0.2, -0.15) is 0 Å². The van der Waals surface area contributed by atoms with E-state index in [2.05, 4.69) is 4.99 Å². The maximum Gasteiger partial charge on any atom is 0.367 e. The second-order valence-electron chi connectivity index (χ2n) is 3.68. The van der Waals surface area contributed by atoms with Crippen LogP contribution in [0.25, 0.3) is 6.08 Å². The summed E-state index contributed by atoms with van der Waals surface area (Å²) < 4.78 is 9.97. The van der Waals surface area contributed by atoms with Gasteiger partial charge in [-0.05, 0) is 30.7 Å². The number of carbonyl (C=O) groups excluding carboxylic acids is 1. The molecule has 0 saturated heterocycles. The zero-order valence-corrected chi connectivity index (χ0v) is 11.1. The topological polar surface area (TPSA) is 47.9 Å². The lowest BCUT2D eigenvalue weighted by Gasteiger charge is -1.94. The molecule has 0 aromatic heterocycles. The van der Waals surface area contributed by atoms with E-state index in [1.165, 1.54) is 6.26 Å². The zero-order chi connectivity index (χ0) is 13.7. The second-order valence-corrected chi connectivity index (χ2v) is 4.12. The van der Waals surface area contributed by atoms with Gasteiger partial charge in [0, 0.05) is 11.1 Å². The summed E-state index contributed by atoms with van der Waals surface area (Å²) in [6, 6.07) is 7.27. The molecule has 1 aromatic carbocycles. The SMILES string of the molecule is CCO/C=C1N=C(/C=C/c2ccc(Cl)cc2)OC\1=O. The highest BCUT2D eigenvalue weighted by Crippen LogP contribution is 2.14. The number of hydrogen-bond acceptors (Lipinski definition) is 4. The van der Waals surface area contributed by atoms with Crippen LogP contribution in [0, 0.1) is 0 Å². The van der Waals surface area contributed by atoms with Crippen molar-refractivity contribution in [2.45, 2.75) is 6.92 Å². The predicted molar refractivity (Wildman–Crippen MR) is 73.7 cm³/mol. The van der Waals surface area contributed by atoms with Gasteiger partial charge in [0.2, 0.25) is 5.90 Å². The van der Waals surface area contributed by atoms with Gasteiger partial charge in [0.15, 0.2) is 5.70 Å². The van der Waals surface area contributed by atoms with Crippen LogP contribution in [0.3, 0.4) is 0 Å². The first kappa shape index (κ1) is 13.4. The minimum atomic E-state index is -0.510. The normalized spacial score (nSPS) is 16.8. The number of aliphatic imine (C=N–C) groups is 1. The Labute approximate surface area is 116 Å². The Kier molecular flexibility index (Phi) is 4.36. The molecule has 0 amide bonds. The van der Waals surface area contributed by atoms with Gasteiger partial charge in [0.1, 0.15) is 6.26 Å². The first-order chi connectivity index (χ1) is 9.19. The molecule has 2 rings (SSSR count). The maximum atomic E-state index is 11.4. The van der Waals surface area contributed by atoms with Crippen LogP contribution >= 0.6 is 11.6 Å². The molecule has 1 aliphatic rings. The molecule has 0 saturated carbocycles. The number of benzene rings is 1. The van der Waals surface area contributed by atoms with Gasteiger partial charge < -0.3 is 9.47 Å². The zero-order valence-electron chi connectivity index (χ0n) is 10.3. The fraction of sp³-hybridized carbons (Fsp3) is 0.143. The number of nitrogens with zero attached hydrogens (tertiary/aromatic N) is 1. The summed E-state index contributed by atoms with van der Waals surface area (Å²) in [4.78, 5) is 15.4. The van der Waals surface area contributed by atoms with Crippen LogP contribution in [0.4, 0.5) is 0 Å². The molecule has 1 aliphatic heterocycles. The first-order valence-corrected chi connectivity index (χ1v) is 6.13. The van der Waals surface area contributed by atoms with Crippen molar-refractivity contribution in [3.63, 3.8) is 0 Å².